The van der Waals surface area contributed by atoms with Crippen LogP contribution in [0.4, 0.5) is 0 Å². The highest BCUT2D eigenvalue weighted by atomic mass is 16.5. The van der Waals surface area contributed by atoms with E-state index in [0.717, 1.165) is 44.5 Å². The molecule has 7 heteroatoms. The molecule has 0 spiro atoms. The maximum Gasteiger partial charge on any atom is 0.308 e. The predicted molar refractivity (Wildman–Crippen MR) is 107 cm³/mol. The molecule has 2 rings (SSSR count). The fraction of sp³-hybridized carbons (Fsp3) is 0.850. The van der Waals surface area contributed by atoms with Gasteiger partial charge in [0.25, 0.3) is 0 Å². The van der Waals surface area contributed by atoms with Gasteiger partial charge in [0.1, 0.15) is 6.54 Å². The van der Waals surface area contributed by atoms with Crippen molar-refractivity contribution in [1.29, 1.82) is 0 Å². The first-order valence-electron chi connectivity index (χ1n) is 10.4. The number of guanidine groups is 1. The summed E-state index contributed by atoms with van der Waals surface area (Å²) in [5.74, 6) is 0.675. The predicted octanol–water partition coefficient (Wildman–Crippen LogP) is 2.06. The number of nitrogens with zero attached hydrogens (tertiary/aromatic N) is 2. The smallest absolute Gasteiger partial charge is 0.308 e. The molecule has 0 bridgehead atoms. The first-order valence-corrected chi connectivity index (χ1v) is 10.4. The lowest BCUT2D eigenvalue weighted by Gasteiger charge is -2.31. The van der Waals surface area contributed by atoms with E-state index in [4.69, 9.17) is 4.74 Å². The number of nitrogens with one attached hydrogen (secondary N) is 2. The lowest BCUT2D eigenvalue weighted by atomic mass is 9.86. The zero-order chi connectivity index (χ0) is 19.6. The Morgan fingerprint density at radius 3 is 2.11 bits per heavy atom. The van der Waals surface area contributed by atoms with E-state index in [1.54, 1.807) is 19.0 Å². The first kappa shape index (κ1) is 21.5. The molecule has 2 N–H and O–H groups in total. The van der Waals surface area contributed by atoms with Crippen LogP contribution in [0.1, 0.15) is 64.7 Å². The van der Waals surface area contributed by atoms with Crippen molar-refractivity contribution in [3.8, 4) is 0 Å². The van der Waals surface area contributed by atoms with Crippen LogP contribution < -0.4 is 10.6 Å². The Morgan fingerprint density at radius 2 is 1.56 bits per heavy atom. The molecule has 0 unspecified atom stereocenters. The number of esters is 1. The van der Waals surface area contributed by atoms with Gasteiger partial charge in [-0.3, -0.25) is 9.59 Å². The van der Waals surface area contributed by atoms with Crippen molar-refractivity contribution in [2.75, 3.05) is 27.2 Å². The largest absolute Gasteiger partial charge is 0.466 e. The summed E-state index contributed by atoms with van der Waals surface area (Å²) in [7, 11) is 3.49. The molecule has 27 heavy (non-hydrogen) atoms. The SMILES string of the molecule is CCOC(=O)C1CCC(NC(=NCC(=O)N(C)C)NC2CCCCC2)CC1. The molecule has 7 nitrogen and oxygen atoms in total. The lowest BCUT2D eigenvalue weighted by Crippen LogP contribution is -2.49. The Bertz CT molecular complexity index is 507. The van der Waals surface area contributed by atoms with Crippen LogP contribution in [-0.4, -0.2) is 62.1 Å². The molecule has 0 aliphatic heterocycles. The fourth-order valence-electron chi connectivity index (χ4n) is 3.79. The summed E-state index contributed by atoms with van der Waals surface area (Å²) in [5.41, 5.74) is 0. The van der Waals surface area contributed by atoms with Gasteiger partial charge in [-0.2, -0.15) is 0 Å². The molecule has 0 aromatic carbocycles. The Hall–Kier alpha value is -1.79. The fourth-order valence-corrected chi connectivity index (χ4v) is 3.79. The van der Waals surface area contributed by atoms with Gasteiger partial charge in [-0.05, 0) is 45.4 Å². The Balaban J connectivity index is 1.90. The second-order valence-corrected chi connectivity index (χ2v) is 7.88. The van der Waals surface area contributed by atoms with Gasteiger partial charge in [0.15, 0.2) is 5.96 Å². The molecule has 0 heterocycles. The summed E-state index contributed by atoms with van der Waals surface area (Å²) in [4.78, 5) is 29.9. The molecule has 0 aromatic rings. The summed E-state index contributed by atoms with van der Waals surface area (Å²) in [6, 6.07) is 0.704. The minimum atomic E-state index is -0.0678. The standard InChI is InChI=1S/C20H36N4O3/c1-4-27-19(26)15-10-12-17(13-11-15)23-20(21-14-18(25)24(2)3)22-16-8-6-5-7-9-16/h15-17H,4-14H2,1-3H3,(H2,21,22,23). The number of hydrogen-bond acceptors (Lipinski definition) is 4. The van der Waals surface area contributed by atoms with E-state index in [1.807, 2.05) is 6.92 Å². The monoisotopic (exact) mass is 380 g/mol. The molecule has 2 aliphatic carbocycles. The van der Waals surface area contributed by atoms with Gasteiger partial charge in [0.05, 0.1) is 12.5 Å². The van der Waals surface area contributed by atoms with Gasteiger partial charge in [0, 0.05) is 26.2 Å². The number of carbonyl (C=O) groups is 2. The Labute approximate surface area is 163 Å². The van der Waals surface area contributed by atoms with Gasteiger partial charge >= 0.3 is 5.97 Å². The number of amides is 1. The van der Waals surface area contributed by atoms with Crippen molar-refractivity contribution in [2.45, 2.75) is 76.8 Å². The van der Waals surface area contributed by atoms with Gasteiger partial charge in [0.2, 0.25) is 5.91 Å². The number of rotatable bonds is 6. The van der Waals surface area contributed by atoms with E-state index in [0.29, 0.717) is 12.6 Å². The molecule has 0 radical (unpaired) electrons. The van der Waals surface area contributed by atoms with Crippen LogP contribution in [0.15, 0.2) is 4.99 Å². The minimum Gasteiger partial charge on any atom is -0.466 e. The lowest BCUT2D eigenvalue weighted by molar-refractivity contribution is -0.149. The van der Waals surface area contributed by atoms with Crippen molar-refractivity contribution in [3.05, 3.63) is 0 Å². The topological polar surface area (TPSA) is 83.0 Å². The number of likely N-dealkylation sites (N-methyl/N-ethyl adjacent to an activating group) is 1. The van der Waals surface area contributed by atoms with Crippen molar-refractivity contribution in [3.63, 3.8) is 0 Å². The van der Waals surface area contributed by atoms with Gasteiger partial charge < -0.3 is 20.3 Å². The summed E-state index contributed by atoms with van der Waals surface area (Å²) < 4.78 is 5.15. The van der Waals surface area contributed by atoms with E-state index < -0.39 is 0 Å². The van der Waals surface area contributed by atoms with Crippen LogP contribution in [0.2, 0.25) is 0 Å². The molecule has 154 valence electrons. The maximum atomic E-state index is 11.9. The summed E-state index contributed by atoms with van der Waals surface area (Å²) in [5, 5.41) is 7.03. The highest BCUT2D eigenvalue weighted by Crippen LogP contribution is 2.25. The molecule has 0 atom stereocenters. The third-order valence-electron chi connectivity index (χ3n) is 5.51. The Morgan fingerprint density at radius 1 is 0.963 bits per heavy atom. The van der Waals surface area contributed by atoms with Gasteiger partial charge in [-0.15, -0.1) is 0 Å². The number of ether oxygens (including phenoxy) is 1. The summed E-state index contributed by atoms with van der Waals surface area (Å²) in [6.07, 6.45) is 9.59. The maximum absolute atomic E-state index is 11.9. The zero-order valence-corrected chi connectivity index (χ0v) is 17.1. The van der Waals surface area contributed by atoms with Crippen LogP contribution >= 0.6 is 0 Å². The quantitative estimate of drug-likeness (QED) is 0.419. The van der Waals surface area contributed by atoms with E-state index in [1.165, 1.54) is 19.3 Å². The average Bonchev–Trinajstić information content (AvgIpc) is 2.67. The molecular weight excluding hydrogens is 344 g/mol. The van der Waals surface area contributed by atoms with Crippen molar-refractivity contribution >= 4 is 17.8 Å². The van der Waals surface area contributed by atoms with Crippen LogP contribution in [-0.2, 0) is 14.3 Å². The molecule has 0 aromatic heterocycles. The molecule has 0 saturated heterocycles. The Kier molecular flexibility index (Phi) is 8.88. The summed E-state index contributed by atoms with van der Waals surface area (Å²) >= 11 is 0. The first-order chi connectivity index (χ1) is 13.0. The molecular formula is C20H36N4O3. The number of aliphatic imine (C=N–C) groups is 1. The van der Waals surface area contributed by atoms with Crippen molar-refractivity contribution in [2.24, 2.45) is 10.9 Å². The van der Waals surface area contributed by atoms with E-state index in [2.05, 4.69) is 15.6 Å². The normalized spacial score (nSPS) is 24.2. The van der Waals surface area contributed by atoms with Crippen LogP contribution in [0.5, 0.6) is 0 Å². The molecule has 2 saturated carbocycles. The second kappa shape index (κ2) is 11.1. The average molecular weight is 381 g/mol. The third kappa shape index (κ3) is 7.39. The van der Waals surface area contributed by atoms with Crippen molar-refractivity contribution in [1.82, 2.24) is 15.5 Å². The van der Waals surface area contributed by atoms with E-state index >= 15 is 0 Å². The van der Waals surface area contributed by atoms with Crippen LogP contribution in [0.3, 0.4) is 0 Å². The second-order valence-electron chi connectivity index (χ2n) is 7.88. The van der Waals surface area contributed by atoms with E-state index in [-0.39, 0.29) is 30.4 Å². The number of carbonyl (C=O) groups excluding carboxylic acids is 2. The minimum absolute atomic E-state index is 0.00855. The number of hydrogen-bond donors (Lipinski definition) is 2. The van der Waals surface area contributed by atoms with Crippen LogP contribution in [0.25, 0.3) is 0 Å². The van der Waals surface area contributed by atoms with Gasteiger partial charge in [-0.1, -0.05) is 19.3 Å². The van der Waals surface area contributed by atoms with E-state index in [9.17, 15) is 9.59 Å². The third-order valence-corrected chi connectivity index (χ3v) is 5.51. The molecule has 2 fully saturated rings. The van der Waals surface area contributed by atoms with Gasteiger partial charge in [-0.25, -0.2) is 4.99 Å². The molecule has 2 aliphatic rings. The highest BCUT2D eigenvalue weighted by Gasteiger charge is 2.28. The highest BCUT2D eigenvalue weighted by molar-refractivity contribution is 5.85. The summed E-state index contributed by atoms with van der Waals surface area (Å²) in [6.45, 7) is 2.44. The van der Waals surface area contributed by atoms with Crippen LogP contribution in [0, 0.1) is 5.92 Å². The zero-order valence-electron chi connectivity index (χ0n) is 17.1. The molecule has 1 amide bonds. The van der Waals surface area contributed by atoms with Crippen molar-refractivity contribution < 1.29 is 14.3 Å².